The van der Waals surface area contributed by atoms with Crippen LogP contribution in [-0.2, 0) is 9.84 Å². The molecule has 1 aliphatic heterocycles. The molecule has 0 fully saturated rings. The molecule has 2 rings (SSSR count). The molecule has 1 aromatic rings. The smallest absolute Gasteiger partial charge is 0.180 e. The first kappa shape index (κ1) is 10.6. The van der Waals surface area contributed by atoms with Gasteiger partial charge in [-0.25, -0.2) is 8.42 Å². The number of rotatable bonds is 0. The number of halogens is 1. The Hall–Kier alpha value is -0.870. The minimum Gasteiger partial charge on any atom is -0.294 e. The van der Waals surface area contributed by atoms with E-state index in [-0.39, 0.29) is 33.4 Å². The molecule has 5 heteroatoms. The van der Waals surface area contributed by atoms with Crippen molar-refractivity contribution in [3.8, 4) is 0 Å². The van der Waals surface area contributed by atoms with Crippen LogP contribution in [0.25, 0.3) is 0 Å². The molecule has 80 valence electrons. The fourth-order valence-corrected chi connectivity index (χ4v) is 3.84. The standard InChI is InChI=1S/C10H9ClO3S/c11-8-4-1-3-7-9(12)5-2-6-15(13,14)10(7)8/h1,3-4H,2,5-6H2. The predicted molar refractivity (Wildman–Crippen MR) is 57.1 cm³/mol. The molecule has 3 nitrogen and oxygen atoms in total. The number of Topliss-reactive ketones (excluding diaryl/α,β-unsaturated/α-hetero) is 1. The minimum atomic E-state index is -3.39. The highest BCUT2D eigenvalue weighted by Crippen LogP contribution is 2.30. The number of fused-ring (bicyclic) bond motifs is 1. The van der Waals surface area contributed by atoms with Gasteiger partial charge in [-0.1, -0.05) is 17.7 Å². The Morgan fingerprint density at radius 3 is 2.73 bits per heavy atom. The molecule has 0 aliphatic carbocycles. The summed E-state index contributed by atoms with van der Waals surface area (Å²) in [6, 6.07) is 4.61. The number of sulfone groups is 1. The third-order valence-electron chi connectivity index (χ3n) is 2.40. The van der Waals surface area contributed by atoms with Gasteiger partial charge in [0, 0.05) is 12.0 Å². The van der Waals surface area contributed by atoms with E-state index in [2.05, 4.69) is 0 Å². The van der Waals surface area contributed by atoms with E-state index in [0.29, 0.717) is 6.42 Å². The van der Waals surface area contributed by atoms with Crippen LogP contribution in [0.3, 0.4) is 0 Å². The van der Waals surface area contributed by atoms with Crippen molar-refractivity contribution < 1.29 is 13.2 Å². The average Bonchev–Trinajstić information content (AvgIpc) is 2.26. The van der Waals surface area contributed by atoms with E-state index in [9.17, 15) is 13.2 Å². The van der Waals surface area contributed by atoms with Crippen LogP contribution >= 0.6 is 11.6 Å². The van der Waals surface area contributed by atoms with Crippen LogP contribution in [0.5, 0.6) is 0 Å². The van der Waals surface area contributed by atoms with Crippen LogP contribution in [0.2, 0.25) is 5.02 Å². The Morgan fingerprint density at radius 2 is 2.00 bits per heavy atom. The van der Waals surface area contributed by atoms with Crippen molar-refractivity contribution in [2.75, 3.05) is 5.75 Å². The molecular formula is C10H9ClO3S. The van der Waals surface area contributed by atoms with Gasteiger partial charge < -0.3 is 0 Å². The third kappa shape index (κ3) is 1.79. The molecule has 0 atom stereocenters. The van der Waals surface area contributed by atoms with Crippen molar-refractivity contribution in [2.45, 2.75) is 17.7 Å². The predicted octanol–water partition coefficient (Wildman–Crippen LogP) is 2.09. The van der Waals surface area contributed by atoms with Crippen molar-refractivity contribution in [3.63, 3.8) is 0 Å². The van der Waals surface area contributed by atoms with Crippen molar-refractivity contribution in [3.05, 3.63) is 28.8 Å². The van der Waals surface area contributed by atoms with E-state index in [1.54, 1.807) is 6.07 Å². The lowest BCUT2D eigenvalue weighted by atomic mass is 10.1. The summed E-state index contributed by atoms with van der Waals surface area (Å²) in [5.74, 6) is -0.149. The summed E-state index contributed by atoms with van der Waals surface area (Å²) in [5.41, 5.74) is 0.236. The second kappa shape index (κ2) is 3.61. The van der Waals surface area contributed by atoms with Crippen molar-refractivity contribution >= 4 is 27.2 Å². The lowest BCUT2D eigenvalue weighted by Crippen LogP contribution is -2.07. The molecule has 0 unspecified atom stereocenters. The van der Waals surface area contributed by atoms with Crippen molar-refractivity contribution in [1.82, 2.24) is 0 Å². The number of carbonyl (C=O) groups is 1. The van der Waals surface area contributed by atoms with Crippen LogP contribution in [0.15, 0.2) is 23.1 Å². The summed E-state index contributed by atoms with van der Waals surface area (Å²) in [5, 5.41) is 0.141. The van der Waals surface area contributed by atoms with E-state index in [1.165, 1.54) is 12.1 Å². The monoisotopic (exact) mass is 244 g/mol. The maximum Gasteiger partial charge on any atom is 0.180 e. The number of hydrogen-bond donors (Lipinski definition) is 0. The summed E-state index contributed by atoms with van der Waals surface area (Å²) in [6.07, 6.45) is 0.638. The second-order valence-corrected chi connectivity index (χ2v) is 5.92. The molecule has 0 bridgehead atoms. The molecule has 1 aromatic carbocycles. The highest BCUT2D eigenvalue weighted by Gasteiger charge is 2.28. The molecule has 15 heavy (non-hydrogen) atoms. The van der Waals surface area contributed by atoms with Crippen LogP contribution in [-0.4, -0.2) is 20.0 Å². The summed E-state index contributed by atoms with van der Waals surface area (Å²) in [4.78, 5) is 11.6. The van der Waals surface area contributed by atoms with Crippen molar-refractivity contribution in [1.29, 1.82) is 0 Å². The summed E-state index contributed by atoms with van der Waals surface area (Å²) in [6.45, 7) is 0. The number of hydrogen-bond acceptors (Lipinski definition) is 3. The highest BCUT2D eigenvalue weighted by molar-refractivity contribution is 7.91. The van der Waals surface area contributed by atoms with Gasteiger partial charge >= 0.3 is 0 Å². The lowest BCUT2D eigenvalue weighted by Gasteiger charge is -2.06. The molecule has 1 heterocycles. The Labute approximate surface area is 93.0 Å². The molecule has 0 amide bonds. The van der Waals surface area contributed by atoms with Gasteiger partial charge in [0.1, 0.15) is 0 Å². The summed E-state index contributed by atoms with van der Waals surface area (Å²) < 4.78 is 23.6. The van der Waals surface area contributed by atoms with Gasteiger partial charge in [0.05, 0.1) is 15.7 Å². The van der Waals surface area contributed by atoms with Gasteiger partial charge in [-0.3, -0.25) is 4.79 Å². The Balaban J connectivity index is 2.80. The molecule has 0 radical (unpaired) electrons. The van der Waals surface area contributed by atoms with Gasteiger partial charge in [0.25, 0.3) is 0 Å². The van der Waals surface area contributed by atoms with Gasteiger partial charge in [0.15, 0.2) is 15.6 Å². The fraction of sp³-hybridized carbons (Fsp3) is 0.300. The van der Waals surface area contributed by atoms with E-state index < -0.39 is 9.84 Å². The SMILES string of the molecule is O=C1CCCS(=O)(=O)c2c(Cl)cccc21. The first-order chi connectivity index (χ1) is 7.02. The molecule has 0 saturated heterocycles. The van der Waals surface area contributed by atoms with Crippen LogP contribution < -0.4 is 0 Å². The van der Waals surface area contributed by atoms with E-state index in [1.807, 2.05) is 0 Å². The zero-order chi connectivity index (χ0) is 11.1. The quantitative estimate of drug-likeness (QED) is 0.702. The van der Waals surface area contributed by atoms with Gasteiger partial charge in [0.2, 0.25) is 0 Å². The Bertz CT molecular complexity index is 519. The first-order valence-corrected chi connectivity index (χ1v) is 6.60. The zero-order valence-corrected chi connectivity index (χ0v) is 9.44. The third-order valence-corrected chi connectivity index (χ3v) is 4.71. The normalized spacial score (nSPS) is 19.4. The van der Waals surface area contributed by atoms with Crippen LogP contribution in [0, 0.1) is 0 Å². The maximum atomic E-state index is 11.8. The Kier molecular flexibility index (Phi) is 2.56. The van der Waals surface area contributed by atoms with Gasteiger partial charge in [-0.15, -0.1) is 0 Å². The number of benzene rings is 1. The fourth-order valence-electron chi connectivity index (χ4n) is 1.70. The lowest BCUT2D eigenvalue weighted by molar-refractivity contribution is 0.0980. The molecule has 0 aromatic heterocycles. The Morgan fingerprint density at radius 1 is 1.27 bits per heavy atom. The number of carbonyl (C=O) groups excluding carboxylic acids is 1. The van der Waals surface area contributed by atoms with Crippen LogP contribution in [0.1, 0.15) is 23.2 Å². The molecular weight excluding hydrogens is 236 g/mol. The van der Waals surface area contributed by atoms with E-state index in [0.717, 1.165) is 0 Å². The molecule has 0 N–H and O–H groups in total. The second-order valence-electron chi connectivity index (χ2n) is 3.46. The van der Waals surface area contributed by atoms with Crippen molar-refractivity contribution in [2.24, 2.45) is 0 Å². The molecule has 1 aliphatic rings. The van der Waals surface area contributed by atoms with E-state index >= 15 is 0 Å². The van der Waals surface area contributed by atoms with Gasteiger partial charge in [-0.2, -0.15) is 0 Å². The maximum absolute atomic E-state index is 11.8. The highest BCUT2D eigenvalue weighted by atomic mass is 35.5. The van der Waals surface area contributed by atoms with Gasteiger partial charge in [-0.05, 0) is 18.6 Å². The van der Waals surface area contributed by atoms with Crippen LogP contribution in [0.4, 0.5) is 0 Å². The first-order valence-electron chi connectivity index (χ1n) is 4.57. The average molecular weight is 245 g/mol. The topological polar surface area (TPSA) is 51.2 Å². The molecule has 0 saturated carbocycles. The molecule has 0 spiro atoms. The van der Waals surface area contributed by atoms with E-state index in [4.69, 9.17) is 11.6 Å². The largest absolute Gasteiger partial charge is 0.294 e. The minimum absolute atomic E-state index is 0.00449. The number of ketones is 1. The summed E-state index contributed by atoms with van der Waals surface area (Å²) >= 11 is 5.83. The summed E-state index contributed by atoms with van der Waals surface area (Å²) in [7, 11) is -3.39. The zero-order valence-electron chi connectivity index (χ0n) is 7.86.